The smallest absolute Gasteiger partial charge is 0.0585 e. The molecule has 0 aromatic carbocycles. The van der Waals surface area contributed by atoms with Crippen molar-refractivity contribution in [3.05, 3.63) is 131 Å². The van der Waals surface area contributed by atoms with Gasteiger partial charge in [-0.05, 0) is 81.8 Å². The Hall–Kier alpha value is -2.90. The second-order valence-electron chi connectivity index (χ2n) is 12.5. The molecule has 0 radical (unpaired) electrons. The van der Waals surface area contributed by atoms with Gasteiger partial charge in [-0.1, -0.05) is 147 Å². The van der Waals surface area contributed by atoms with Crippen molar-refractivity contribution in [2.24, 2.45) is 10.8 Å². The fraction of sp³-hybridized carbons (Fsp3) is 0.421. The minimum atomic E-state index is -0.215. The van der Waals surface area contributed by atoms with Gasteiger partial charge >= 0.3 is 0 Å². The lowest BCUT2D eigenvalue weighted by Crippen LogP contribution is -2.28. The van der Waals surface area contributed by atoms with Crippen molar-refractivity contribution in [3.8, 4) is 0 Å². The van der Waals surface area contributed by atoms with Gasteiger partial charge in [0.15, 0.2) is 0 Å². The zero-order valence-corrected chi connectivity index (χ0v) is 25.8. The number of allylic oxidation sites excluding steroid dienone is 21. The van der Waals surface area contributed by atoms with Gasteiger partial charge in [-0.15, -0.1) is 0 Å². The average Bonchev–Trinajstić information content (AvgIpc) is 2.82. The van der Waals surface area contributed by atoms with Crippen LogP contribution in [-0.4, -0.2) is 11.2 Å². The summed E-state index contributed by atoms with van der Waals surface area (Å²) in [5.74, 6) is 0. The van der Waals surface area contributed by atoms with Crippen molar-refractivity contribution in [2.45, 2.75) is 93.6 Å². The SMILES string of the molecule is CC1=C(/C=C/C(C)=C/C=C/C(C)=C/C=C/C=C/C=C/C=C/C=C/C2=C(C)C[C@@H](O)CC2(C)C)C(C)(C)CCC1. The quantitative estimate of drug-likeness (QED) is 0.282. The lowest BCUT2D eigenvalue weighted by Gasteiger charge is -2.35. The molecule has 0 unspecified atom stereocenters. The molecule has 1 heteroatoms. The van der Waals surface area contributed by atoms with Gasteiger partial charge in [0.25, 0.3) is 0 Å². The highest BCUT2D eigenvalue weighted by Gasteiger charge is 2.31. The molecule has 39 heavy (non-hydrogen) atoms. The normalized spacial score (nSPS) is 23.6. The molecule has 1 nitrogen and oxygen atoms in total. The summed E-state index contributed by atoms with van der Waals surface area (Å²) in [5.41, 5.74) is 8.48. The van der Waals surface area contributed by atoms with Crippen LogP contribution in [0.5, 0.6) is 0 Å². The van der Waals surface area contributed by atoms with Crippen LogP contribution in [0.3, 0.4) is 0 Å². The molecule has 2 rings (SSSR count). The zero-order chi connectivity index (χ0) is 28.9. The topological polar surface area (TPSA) is 20.2 Å². The Balaban J connectivity index is 1.79. The molecular weight excluding hydrogens is 472 g/mol. The third kappa shape index (κ3) is 11.4. The molecule has 0 heterocycles. The van der Waals surface area contributed by atoms with Crippen molar-refractivity contribution in [1.82, 2.24) is 0 Å². The third-order valence-electron chi connectivity index (χ3n) is 7.76. The Morgan fingerprint density at radius 1 is 0.667 bits per heavy atom. The first-order valence-electron chi connectivity index (χ1n) is 14.6. The summed E-state index contributed by atoms with van der Waals surface area (Å²) in [6.45, 7) is 17.9. The Bertz CT molecular complexity index is 1160. The minimum absolute atomic E-state index is 0.0237. The van der Waals surface area contributed by atoms with Gasteiger partial charge in [0, 0.05) is 0 Å². The van der Waals surface area contributed by atoms with E-state index in [-0.39, 0.29) is 16.9 Å². The van der Waals surface area contributed by atoms with Crippen LogP contribution in [0.15, 0.2) is 131 Å². The van der Waals surface area contributed by atoms with E-state index >= 15 is 0 Å². The van der Waals surface area contributed by atoms with E-state index in [1.165, 1.54) is 47.1 Å². The van der Waals surface area contributed by atoms with E-state index < -0.39 is 0 Å². The molecule has 1 N–H and O–H groups in total. The Morgan fingerprint density at radius 3 is 1.82 bits per heavy atom. The van der Waals surface area contributed by atoms with Crippen molar-refractivity contribution < 1.29 is 5.11 Å². The van der Waals surface area contributed by atoms with Crippen molar-refractivity contribution in [2.75, 3.05) is 0 Å². The summed E-state index contributed by atoms with van der Waals surface area (Å²) < 4.78 is 0. The van der Waals surface area contributed by atoms with Gasteiger partial charge in [0.2, 0.25) is 0 Å². The second-order valence-corrected chi connectivity index (χ2v) is 12.5. The van der Waals surface area contributed by atoms with Crippen LogP contribution in [0.4, 0.5) is 0 Å². The van der Waals surface area contributed by atoms with Gasteiger partial charge in [-0.3, -0.25) is 0 Å². The average molecular weight is 525 g/mol. The van der Waals surface area contributed by atoms with Crippen LogP contribution in [0.1, 0.15) is 87.5 Å². The lowest BCUT2D eigenvalue weighted by atomic mass is 9.71. The molecule has 210 valence electrons. The van der Waals surface area contributed by atoms with Gasteiger partial charge < -0.3 is 5.11 Å². The molecule has 0 aromatic rings. The van der Waals surface area contributed by atoms with Crippen LogP contribution >= 0.6 is 0 Å². The van der Waals surface area contributed by atoms with E-state index in [0.29, 0.717) is 0 Å². The minimum Gasteiger partial charge on any atom is -0.393 e. The first kappa shape index (κ1) is 32.3. The van der Waals surface area contributed by atoms with Gasteiger partial charge in [0.1, 0.15) is 0 Å². The summed E-state index contributed by atoms with van der Waals surface area (Å²) in [6.07, 6.45) is 39.0. The lowest BCUT2D eigenvalue weighted by molar-refractivity contribution is 0.116. The highest BCUT2D eigenvalue weighted by Crippen LogP contribution is 2.41. The number of hydrogen-bond acceptors (Lipinski definition) is 1. The Labute approximate surface area is 239 Å². The zero-order valence-electron chi connectivity index (χ0n) is 25.8. The van der Waals surface area contributed by atoms with Crippen molar-refractivity contribution in [1.29, 1.82) is 0 Å². The molecule has 2 aliphatic carbocycles. The van der Waals surface area contributed by atoms with E-state index in [0.717, 1.165) is 12.8 Å². The maximum atomic E-state index is 10.0. The molecule has 0 fully saturated rings. The first-order chi connectivity index (χ1) is 18.4. The molecule has 1 atom stereocenters. The van der Waals surface area contributed by atoms with Crippen LogP contribution in [0.2, 0.25) is 0 Å². The van der Waals surface area contributed by atoms with E-state index in [9.17, 15) is 5.11 Å². The van der Waals surface area contributed by atoms with E-state index in [1.54, 1.807) is 5.57 Å². The molecule has 0 bridgehead atoms. The molecule has 0 spiro atoms. The largest absolute Gasteiger partial charge is 0.393 e. The summed E-state index contributed by atoms with van der Waals surface area (Å²) in [4.78, 5) is 0. The van der Waals surface area contributed by atoms with Crippen molar-refractivity contribution in [3.63, 3.8) is 0 Å². The Kier molecular flexibility index (Phi) is 13.0. The van der Waals surface area contributed by atoms with Gasteiger partial charge in [-0.25, -0.2) is 0 Å². The fourth-order valence-electron chi connectivity index (χ4n) is 5.68. The van der Waals surface area contributed by atoms with E-state index in [2.05, 4.69) is 116 Å². The number of rotatable bonds is 10. The predicted octanol–water partition coefficient (Wildman–Crippen LogP) is 10.8. The van der Waals surface area contributed by atoms with Crippen LogP contribution in [-0.2, 0) is 0 Å². The molecule has 0 aliphatic heterocycles. The molecule has 0 amide bonds. The third-order valence-corrected chi connectivity index (χ3v) is 7.76. The summed E-state index contributed by atoms with van der Waals surface area (Å²) >= 11 is 0. The van der Waals surface area contributed by atoms with Crippen LogP contribution in [0.25, 0.3) is 0 Å². The second kappa shape index (κ2) is 15.6. The summed E-state index contributed by atoms with van der Waals surface area (Å²) in [6, 6.07) is 0. The van der Waals surface area contributed by atoms with Gasteiger partial charge in [0.05, 0.1) is 6.10 Å². The Morgan fingerprint density at radius 2 is 1.21 bits per heavy atom. The van der Waals surface area contributed by atoms with Crippen LogP contribution in [0, 0.1) is 10.8 Å². The van der Waals surface area contributed by atoms with E-state index in [1.807, 2.05) is 36.5 Å². The molecule has 0 aromatic heterocycles. The van der Waals surface area contributed by atoms with Gasteiger partial charge in [-0.2, -0.15) is 0 Å². The predicted molar refractivity (Wildman–Crippen MR) is 174 cm³/mol. The molecule has 0 saturated carbocycles. The number of aliphatic hydroxyl groups is 1. The van der Waals surface area contributed by atoms with Crippen molar-refractivity contribution >= 4 is 0 Å². The fourth-order valence-corrected chi connectivity index (χ4v) is 5.68. The van der Waals surface area contributed by atoms with E-state index in [4.69, 9.17) is 0 Å². The molecule has 2 aliphatic rings. The molecular formula is C38H52O. The number of hydrogen-bond donors (Lipinski definition) is 1. The molecule has 0 saturated heterocycles. The maximum absolute atomic E-state index is 10.0. The standard InChI is InChI=1S/C38H52O/c1-30(21-18-22-31(2)25-26-36-32(3)23-19-27-37(36,5)6)20-16-14-12-10-9-11-13-15-17-24-35-33(4)28-34(39)29-38(35,7)8/h9-18,20-22,24-26,34,39H,19,23,27-29H2,1-8H3/b11-9+,12-10+,15-13+,16-14+,21-18+,24-17+,26-25+,30-20+,31-22+/t34-/m1/s1. The maximum Gasteiger partial charge on any atom is 0.0585 e. The monoisotopic (exact) mass is 524 g/mol. The summed E-state index contributed by atoms with van der Waals surface area (Å²) in [7, 11) is 0. The summed E-state index contributed by atoms with van der Waals surface area (Å²) in [5, 5.41) is 10.0. The highest BCUT2D eigenvalue weighted by molar-refractivity contribution is 5.38. The first-order valence-corrected chi connectivity index (χ1v) is 14.6. The van der Waals surface area contributed by atoms with Crippen LogP contribution < -0.4 is 0 Å². The number of aliphatic hydroxyl groups excluding tert-OH is 1. The highest BCUT2D eigenvalue weighted by atomic mass is 16.3.